The van der Waals surface area contributed by atoms with E-state index in [0.717, 1.165) is 19.3 Å². The highest BCUT2D eigenvalue weighted by molar-refractivity contribution is 6.45. The van der Waals surface area contributed by atoms with Gasteiger partial charge in [-0.05, 0) is 18.8 Å². The highest BCUT2D eigenvalue weighted by Crippen LogP contribution is 2.53. The van der Waals surface area contributed by atoms with Crippen molar-refractivity contribution in [3.8, 4) is 0 Å². The van der Waals surface area contributed by atoms with Crippen molar-refractivity contribution in [1.82, 2.24) is 0 Å². The van der Waals surface area contributed by atoms with Gasteiger partial charge in [0.1, 0.15) is 0 Å². The number of hydrogen-bond acceptors (Lipinski definition) is 2. The van der Waals surface area contributed by atoms with Gasteiger partial charge >= 0.3 is 9.28 Å². The lowest BCUT2D eigenvalue weighted by Gasteiger charge is -2.44. The molecule has 0 aliphatic heterocycles. The molecule has 2 N–H and O–H groups in total. The third kappa shape index (κ3) is 2.83. The van der Waals surface area contributed by atoms with Crippen LogP contribution in [0.2, 0.25) is 5.04 Å². The Morgan fingerprint density at radius 3 is 2.47 bits per heavy atom. The minimum atomic E-state index is -2.13. The first-order valence-electron chi connectivity index (χ1n) is 6.42. The van der Waals surface area contributed by atoms with Gasteiger partial charge in [-0.1, -0.05) is 52.4 Å². The van der Waals surface area contributed by atoms with Crippen LogP contribution in [0.4, 0.5) is 0 Å². The zero-order chi connectivity index (χ0) is 11.3. The Labute approximate surface area is 95.6 Å². The predicted octanol–water partition coefficient (Wildman–Crippen LogP) is 2.99. The van der Waals surface area contributed by atoms with Gasteiger partial charge in [-0.2, -0.15) is 0 Å². The molecule has 0 bridgehead atoms. The summed E-state index contributed by atoms with van der Waals surface area (Å²) in [7, 11) is -2.13. The van der Waals surface area contributed by atoms with Gasteiger partial charge in [0.15, 0.2) is 0 Å². The monoisotopic (exact) mass is 229 g/mol. The lowest BCUT2D eigenvalue weighted by molar-refractivity contribution is 0.174. The van der Waals surface area contributed by atoms with Crippen LogP contribution in [-0.4, -0.2) is 18.9 Å². The average Bonchev–Trinajstić information content (AvgIpc) is 2.21. The summed E-state index contributed by atoms with van der Waals surface area (Å²) in [5, 5.41) is -0.0896. The lowest BCUT2D eigenvalue weighted by atomic mass is 9.74. The van der Waals surface area contributed by atoms with Gasteiger partial charge in [-0.15, -0.1) is 0 Å². The van der Waals surface area contributed by atoms with E-state index in [4.69, 9.17) is 0 Å². The Kier molecular flexibility index (Phi) is 5.30. The molecule has 1 radical (unpaired) electrons. The Hall–Kier alpha value is 0.137. The molecule has 0 amide bonds. The molecular formula is C12H25O2Si. The number of rotatable bonds is 5. The highest BCUT2D eigenvalue weighted by atomic mass is 28.3. The maximum absolute atomic E-state index is 9.81. The minimum Gasteiger partial charge on any atom is -0.409 e. The molecule has 3 heteroatoms. The van der Waals surface area contributed by atoms with Crippen LogP contribution >= 0.6 is 0 Å². The van der Waals surface area contributed by atoms with Crippen LogP contribution in [-0.2, 0) is 0 Å². The van der Waals surface area contributed by atoms with Crippen LogP contribution in [0.25, 0.3) is 0 Å². The fraction of sp³-hybridized carbons (Fsp3) is 1.00. The summed E-state index contributed by atoms with van der Waals surface area (Å²) in [5.41, 5.74) is 0. The predicted molar refractivity (Wildman–Crippen MR) is 64.7 cm³/mol. The largest absolute Gasteiger partial charge is 0.409 e. The van der Waals surface area contributed by atoms with Crippen molar-refractivity contribution in [1.29, 1.82) is 0 Å². The third-order valence-corrected chi connectivity index (χ3v) is 5.78. The molecule has 89 valence electrons. The second-order valence-electron chi connectivity index (χ2n) is 4.96. The van der Waals surface area contributed by atoms with Gasteiger partial charge in [0, 0.05) is 5.04 Å². The van der Waals surface area contributed by atoms with Gasteiger partial charge in [0.25, 0.3) is 0 Å². The molecule has 0 spiro atoms. The van der Waals surface area contributed by atoms with E-state index in [1.807, 2.05) is 0 Å². The summed E-state index contributed by atoms with van der Waals surface area (Å²) in [5.74, 6) is 0.570. The molecule has 2 unspecified atom stereocenters. The summed E-state index contributed by atoms with van der Waals surface area (Å²) >= 11 is 0. The molecule has 15 heavy (non-hydrogen) atoms. The smallest absolute Gasteiger partial charge is 0.386 e. The van der Waals surface area contributed by atoms with Crippen LogP contribution < -0.4 is 0 Å². The van der Waals surface area contributed by atoms with Crippen LogP contribution in [0.3, 0.4) is 0 Å². The van der Waals surface area contributed by atoms with Crippen LogP contribution in [0.5, 0.6) is 0 Å². The van der Waals surface area contributed by atoms with E-state index in [1.54, 1.807) is 0 Å². The van der Waals surface area contributed by atoms with Gasteiger partial charge in [0.2, 0.25) is 0 Å². The van der Waals surface area contributed by atoms with Crippen molar-refractivity contribution in [2.45, 2.75) is 70.3 Å². The zero-order valence-corrected chi connectivity index (χ0v) is 11.1. The number of hydrogen-bond donors (Lipinski definition) is 2. The quantitative estimate of drug-likeness (QED) is 0.712. The average molecular weight is 229 g/mol. The summed E-state index contributed by atoms with van der Waals surface area (Å²) in [6.07, 6.45) is 9.17. The molecular weight excluding hydrogens is 204 g/mol. The zero-order valence-electron chi connectivity index (χ0n) is 10.1. The molecule has 0 heterocycles. The normalized spacial score (nSPS) is 32.2. The lowest BCUT2D eigenvalue weighted by Crippen LogP contribution is -2.41. The summed E-state index contributed by atoms with van der Waals surface area (Å²) in [6.45, 7) is 4.36. The molecule has 1 rings (SSSR count). The Bertz CT molecular complexity index is 178. The molecule has 1 fully saturated rings. The second kappa shape index (κ2) is 6.02. The first-order chi connectivity index (χ1) is 7.17. The van der Waals surface area contributed by atoms with E-state index in [0.29, 0.717) is 5.92 Å². The van der Waals surface area contributed by atoms with Crippen LogP contribution in [0.15, 0.2) is 0 Å². The maximum Gasteiger partial charge on any atom is 0.386 e. The van der Waals surface area contributed by atoms with E-state index in [-0.39, 0.29) is 5.04 Å². The van der Waals surface area contributed by atoms with E-state index in [9.17, 15) is 9.59 Å². The van der Waals surface area contributed by atoms with Crippen molar-refractivity contribution >= 4 is 9.28 Å². The molecule has 1 aliphatic rings. The van der Waals surface area contributed by atoms with Gasteiger partial charge in [-0.25, -0.2) is 0 Å². The van der Waals surface area contributed by atoms with E-state index in [2.05, 4.69) is 13.8 Å². The van der Waals surface area contributed by atoms with Crippen molar-refractivity contribution in [2.75, 3.05) is 0 Å². The van der Waals surface area contributed by atoms with Crippen LogP contribution in [0, 0.1) is 5.92 Å². The van der Waals surface area contributed by atoms with Crippen molar-refractivity contribution in [2.24, 2.45) is 5.92 Å². The summed E-state index contributed by atoms with van der Waals surface area (Å²) in [6, 6.07) is 0. The summed E-state index contributed by atoms with van der Waals surface area (Å²) in [4.78, 5) is 19.6. The fourth-order valence-electron chi connectivity index (χ4n) is 3.26. The van der Waals surface area contributed by atoms with Gasteiger partial charge in [-0.3, -0.25) is 0 Å². The third-order valence-electron chi connectivity index (χ3n) is 3.99. The first-order valence-corrected chi connectivity index (χ1v) is 7.82. The highest BCUT2D eigenvalue weighted by Gasteiger charge is 2.47. The van der Waals surface area contributed by atoms with Crippen molar-refractivity contribution < 1.29 is 9.59 Å². The molecule has 0 saturated heterocycles. The SMILES string of the molecule is CCCC1CCCCC1(CCC)[Si](O)O. The minimum absolute atomic E-state index is 0.0896. The van der Waals surface area contributed by atoms with E-state index in [1.165, 1.54) is 32.1 Å². The molecule has 0 aromatic carbocycles. The molecule has 1 saturated carbocycles. The Morgan fingerprint density at radius 1 is 1.20 bits per heavy atom. The van der Waals surface area contributed by atoms with Crippen LogP contribution in [0.1, 0.15) is 65.2 Å². The first kappa shape index (κ1) is 13.2. The fourth-order valence-corrected chi connectivity index (χ4v) is 4.79. The van der Waals surface area contributed by atoms with Crippen molar-refractivity contribution in [3.63, 3.8) is 0 Å². The molecule has 2 nitrogen and oxygen atoms in total. The van der Waals surface area contributed by atoms with E-state index >= 15 is 0 Å². The molecule has 0 aromatic heterocycles. The van der Waals surface area contributed by atoms with Gasteiger partial charge in [0.05, 0.1) is 0 Å². The molecule has 0 aromatic rings. The topological polar surface area (TPSA) is 40.5 Å². The molecule has 1 aliphatic carbocycles. The Balaban J connectivity index is 2.78. The summed E-state index contributed by atoms with van der Waals surface area (Å²) < 4.78 is 0. The van der Waals surface area contributed by atoms with E-state index < -0.39 is 9.28 Å². The standard InChI is InChI=1S/C12H25O2Si/c1-3-7-11-8-5-6-10-12(11,9-4-2)15(13)14/h11,13-14H,3-10H2,1-2H3. The maximum atomic E-state index is 9.81. The van der Waals surface area contributed by atoms with Gasteiger partial charge < -0.3 is 9.59 Å². The second-order valence-corrected chi connectivity index (χ2v) is 6.60. The Morgan fingerprint density at radius 2 is 1.93 bits per heavy atom. The molecule has 2 atom stereocenters. The van der Waals surface area contributed by atoms with Crippen molar-refractivity contribution in [3.05, 3.63) is 0 Å².